The molecule has 10 heteroatoms. The van der Waals surface area contributed by atoms with Crippen molar-refractivity contribution in [3.8, 4) is 11.5 Å². The van der Waals surface area contributed by atoms with Crippen LogP contribution in [0.15, 0.2) is 18.2 Å². The van der Waals surface area contributed by atoms with Crippen LogP contribution in [0.3, 0.4) is 0 Å². The molecule has 0 atom stereocenters. The minimum Gasteiger partial charge on any atom is -0.486 e. The Bertz CT molecular complexity index is 893. The summed E-state index contributed by atoms with van der Waals surface area (Å²) >= 11 is 0. The average molecular weight is 416 g/mol. The fourth-order valence-corrected chi connectivity index (χ4v) is 3.98. The highest BCUT2D eigenvalue weighted by Gasteiger charge is 2.52. The smallest absolute Gasteiger partial charge is 0.325 e. The number of carbonyl (C=O) groups is 4. The van der Waals surface area contributed by atoms with E-state index in [9.17, 15) is 19.2 Å². The minimum atomic E-state index is -0.904. The van der Waals surface area contributed by atoms with E-state index in [4.69, 9.17) is 9.47 Å². The molecule has 2 heterocycles. The first-order valence-electron chi connectivity index (χ1n) is 10.0. The van der Waals surface area contributed by atoms with Gasteiger partial charge in [-0.1, -0.05) is 6.92 Å². The van der Waals surface area contributed by atoms with Gasteiger partial charge in [-0.25, -0.2) is 4.79 Å². The van der Waals surface area contributed by atoms with Crippen LogP contribution in [0.4, 0.5) is 4.79 Å². The maximum atomic E-state index is 12.8. The second-order valence-electron chi connectivity index (χ2n) is 7.95. The number of nitrogens with one attached hydrogen (secondary N) is 3. The van der Waals surface area contributed by atoms with E-state index >= 15 is 0 Å². The van der Waals surface area contributed by atoms with Gasteiger partial charge in [0.1, 0.15) is 25.3 Å². The van der Waals surface area contributed by atoms with Gasteiger partial charge in [0.05, 0.1) is 0 Å². The van der Waals surface area contributed by atoms with Crippen LogP contribution in [-0.4, -0.2) is 54.0 Å². The normalized spacial score (nSPS) is 25.1. The molecule has 1 aromatic carbocycles. The van der Waals surface area contributed by atoms with Crippen molar-refractivity contribution in [3.05, 3.63) is 23.8 Å². The Labute approximate surface area is 173 Å². The molecule has 0 radical (unpaired) electrons. The van der Waals surface area contributed by atoms with Gasteiger partial charge in [-0.2, -0.15) is 0 Å². The molecule has 1 aromatic rings. The van der Waals surface area contributed by atoms with Crippen molar-refractivity contribution in [1.29, 1.82) is 0 Å². The molecule has 1 saturated heterocycles. The van der Waals surface area contributed by atoms with E-state index in [1.807, 2.05) is 0 Å². The molecular formula is C20H24N4O6. The lowest BCUT2D eigenvalue weighted by Gasteiger charge is -2.33. The van der Waals surface area contributed by atoms with Crippen molar-refractivity contribution in [3.63, 3.8) is 0 Å². The van der Waals surface area contributed by atoms with Gasteiger partial charge in [-0.05, 0) is 49.8 Å². The summed E-state index contributed by atoms with van der Waals surface area (Å²) in [6, 6.07) is 4.09. The number of urea groups is 1. The lowest BCUT2D eigenvalue weighted by molar-refractivity contribution is -0.136. The zero-order chi connectivity index (χ0) is 21.3. The summed E-state index contributed by atoms with van der Waals surface area (Å²) in [5.41, 5.74) is 3.89. The van der Waals surface area contributed by atoms with E-state index in [-0.39, 0.29) is 11.5 Å². The molecule has 4 rings (SSSR count). The number of imide groups is 1. The number of amides is 5. The Morgan fingerprint density at radius 1 is 1.13 bits per heavy atom. The maximum Gasteiger partial charge on any atom is 0.325 e. The first-order chi connectivity index (χ1) is 14.4. The first kappa shape index (κ1) is 20.0. The van der Waals surface area contributed by atoms with E-state index in [0.29, 0.717) is 43.5 Å². The van der Waals surface area contributed by atoms with Crippen LogP contribution < -0.4 is 25.6 Å². The summed E-state index contributed by atoms with van der Waals surface area (Å²) in [5.74, 6) is -0.111. The highest BCUT2D eigenvalue weighted by molar-refractivity contribution is 6.09. The van der Waals surface area contributed by atoms with E-state index in [1.165, 1.54) is 6.07 Å². The summed E-state index contributed by atoms with van der Waals surface area (Å²) in [4.78, 5) is 50.5. The summed E-state index contributed by atoms with van der Waals surface area (Å²) in [5, 5.41) is 2.76. The van der Waals surface area contributed by atoms with Gasteiger partial charge < -0.3 is 14.8 Å². The third-order valence-electron chi connectivity index (χ3n) is 5.80. The maximum absolute atomic E-state index is 12.8. The second kappa shape index (κ2) is 7.85. The summed E-state index contributed by atoms with van der Waals surface area (Å²) in [6.45, 7) is 2.48. The zero-order valence-electron chi connectivity index (χ0n) is 16.7. The number of hydrazine groups is 1. The number of fused-ring (bicyclic) bond motifs is 1. The largest absolute Gasteiger partial charge is 0.486 e. The molecule has 0 aromatic heterocycles. The molecule has 1 saturated carbocycles. The molecule has 2 fully saturated rings. The molecule has 0 unspecified atom stereocenters. The molecule has 30 heavy (non-hydrogen) atoms. The van der Waals surface area contributed by atoms with Crippen LogP contribution in [0.1, 0.15) is 43.0 Å². The predicted molar refractivity (Wildman–Crippen MR) is 104 cm³/mol. The summed E-state index contributed by atoms with van der Waals surface area (Å²) in [7, 11) is 0. The lowest BCUT2D eigenvalue weighted by Crippen LogP contribution is -2.50. The molecule has 2 aliphatic heterocycles. The van der Waals surface area contributed by atoms with Crippen LogP contribution in [-0.2, 0) is 9.59 Å². The Hall–Kier alpha value is -3.30. The monoisotopic (exact) mass is 416 g/mol. The van der Waals surface area contributed by atoms with Gasteiger partial charge in [0.2, 0.25) is 0 Å². The van der Waals surface area contributed by atoms with E-state index in [0.717, 1.165) is 17.7 Å². The first-order valence-corrected chi connectivity index (χ1v) is 10.0. The quantitative estimate of drug-likeness (QED) is 0.492. The molecule has 10 nitrogen and oxygen atoms in total. The molecule has 1 spiro atoms. The van der Waals surface area contributed by atoms with Crippen molar-refractivity contribution in [2.24, 2.45) is 5.92 Å². The number of rotatable bonds is 3. The minimum absolute atomic E-state index is 0.268. The molecule has 5 amide bonds. The molecule has 1 aliphatic carbocycles. The fraction of sp³-hybridized carbons (Fsp3) is 0.500. The van der Waals surface area contributed by atoms with Gasteiger partial charge in [-0.15, -0.1) is 0 Å². The van der Waals surface area contributed by atoms with Crippen molar-refractivity contribution in [2.45, 2.75) is 38.1 Å². The van der Waals surface area contributed by atoms with Crippen LogP contribution in [0.25, 0.3) is 0 Å². The number of hydrogen-bond acceptors (Lipinski definition) is 6. The SMILES string of the molecule is CC1CCC2(CC1)NC(=O)N(CC(=O)NNC(=O)c1ccc3c(c1)OCCO3)C2=O. The van der Waals surface area contributed by atoms with Crippen LogP contribution in [0.2, 0.25) is 0 Å². The van der Waals surface area contributed by atoms with Gasteiger partial charge in [0.15, 0.2) is 11.5 Å². The zero-order valence-corrected chi connectivity index (χ0v) is 16.7. The molecule has 3 aliphatic rings. The predicted octanol–water partition coefficient (Wildman–Crippen LogP) is 0.719. The molecule has 3 N–H and O–H groups in total. The Morgan fingerprint density at radius 2 is 1.83 bits per heavy atom. The third-order valence-corrected chi connectivity index (χ3v) is 5.80. The van der Waals surface area contributed by atoms with Crippen molar-refractivity contribution in [1.82, 2.24) is 21.1 Å². The molecule has 0 bridgehead atoms. The van der Waals surface area contributed by atoms with Crippen molar-refractivity contribution in [2.75, 3.05) is 19.8 Å². The highest BCUT2D eigenvalue weighted by Crippen LogP contribution is 2.36. The van der Waals surface area contributed by atoms with Crippen LogP contribution in [0.5, 0.6) is 11.5 Å². The van der Waals surface area contributed by atoms with Gasteiger partial charge >= 0.3 is 6.03 Å². The Morgan fingerprint density at radius 3 is 2.57 bits per heavy atom. The van der Waals surface area contributed by atoms with E-state index in [1.54, 1.807) is 12.1 Å². The summed E-state index contributed by atoms with van der Waals surface area (Å²) < 4.78 is 10.8. The van der Waals surface area contributed by atoms with Gasteiger partial charge in [0, 0.05) is 5.56 Å². The Balaban J connectivity index is 1.32. The van der Waals surface area contributed by atoms with Crippen molar-refractivity contribution >= 4 is 23.8 Å². The third kappa shape index (κ3) is 3.77. The molecular weight excluding hydrogens is 392 g/mol. The van der Waals surface area contributed by atoms with Gasteiger partial charge in [-0.3, -0.25) is 30.1 Å². The Kier molecular flexibility index (Phi) is 5.23. The molecule has 160 valence electrons. The standard InChI is InChI=1S/C20H24N4O6/c1-12-4-6-20(7-5-12)18(27)24(19(28)21-20)11-16(25)22-23-17(26)13-2-3-14-15(10-13)30-9-8-29-14/h2-3,10,12H,4-9,11H2,1H3,(H,21,28)(H,22,25)(H,23,26). The summed E-state index contributed by atoms with van der Waals surface area (Å²) in [6.07, 6.45) is 2.82. The average Bonchev–Trinajstić information content (AvgIpc) is 2.98. The van der Waals surface area contributed by atoms with Crippen molar-refractivity contribution < 1.29 is 28.7 Å². The fourth-order valence-electron chi connectivity index (χ4n) is 3.98. The topological polar surface area (TPSA) is 126 Å². The van der Waals surface area contributed by atoms with Crippen LogP contribution >= 0.6 is 0 Å². The van der Waals surface area contributed by atoms with E-state index < -0.39 is 29.9 Å². The number of carbonyl (C=O) groups excluding carboxylic acids is 4. The second-order valence-corrected chi connectivity index (χ2v) is 7.95. The number of hydrogen-bond donors (Lipinski definition) is 3. The highest BCUT2D eigenvalue weighted by atomic mass is 16.6. The van der Waals surface area contributed by atoms with Gasteiger partial charge in [0.25, 0.3) is 17.7 Å². The number of nitrogens with zero attached hydrogens (tertiary/aromatic N) is 1. The van der Waals surface area contributed by atoms with Crippen LogP contribution in [0, 0.1) is 5.92 Å². The number of ether oxygens (including phenoxy) is 2. The lowest BCUT2D eigenvalue weighted by atomic mass is 9.77. The van der Waals surface area contributed by atoms with E-state index in [2.05, 4.69) is 23.1 Å². The number of benzene rings is 1.